The third-order valence-corrected chi connectivity index (χ3v) is 7.94. The van der Waals surface area contributed by atoms with Crippen LogP contribution < -0.4 is 9.80 Å². The highest BCUT2D eigenvalue weighted by molar-refractivity contribution is 6.03. The fourth-order valence-corrected chi connectivity index (χ4v) is 5.80. The van der Waals surface area contributed by atoms with Gasteiger partial charge in [-0.25, -0.2) is 13.8 Å². The summed E-state index contributed by atoms with van der Waals surface area (Å²) in [5.41, 5.74) is 0.305. The first kappa shape index (κ1) is 25.3. The molecular weight excluding hydrogens is 498 g/mol. The number of anilines is 2. The summed E-state index contributed by atoms with van der Waals surface area (Å²) < 4.78 is 31.2. The van der Waals surface area contributed by atoms with Gasteiger partial charge in [-0.1, -0.05) is 12.0 Å². The summed E-state index contributed by atoms with van der Waals surface area (Å²) in [6.07, 6.45) is 11.4. The number of pyridine rings is 1. The number of halogens is 2. The minimum Gasteiger partial charge on any atom is -0.508 e. The van der Waals surface area contributed by atoms with Crippen molar-refractivity contribution in [1.29, 1.82) is 0 Å². The van der Waals surface area contributed by atoms with Crippen LogP contribution in [0.2, 0.25) is 0 Å². The first-order valence-electron chi connectivity index (χ1n) is 13.3. The van der Waals surface area contributed by atoms with Crippen molar-refractivity contribution in [2.75, 3.05) is 50.1 Å². The Balaban J connectivity index is 1.58. The largest absolute Gasteiger partial charge is 0.508 e. The summed E-state index contributed by atoms with van der Waals surface area (Å²) in [4.78, 5) is 20.6. The van der Waals surface area contributed by atoms with Crippen LogP contribution >= 0.6 is 0 Å². The van der Waals surface area contributed by atoms with E-state index in [0.29, 0.717) is 34.0 Å². The maximum absolute atomic E-state index is 16.5. The number of hydrogen-bond donors (Lipinski definition) is 1. The summed E-state index contributed by atoms with van der Waals surface area (Å²) in [5.74, 6) is 2.20. The third kappa shape index (κ3) is 4.39. The molecule has 2 aliphatic rings. The molecule has 2 aromatic carbocycles. The van der Waals surface area contributed by atoms with Crippen LogP contribution in [0.25, 0.3) is 32.9 Å². The fourth-order valence-electron chi connectivity index (χ4n) is 5.80. The Hall–Kier alpha value is -4.03. The summed E-state index contributed by atoms with van der Waals surface area (Å²) >= 11 is 0. The van der Waals surface area contributed by atoms with Gasteiger partial charge < -0.3 is 19.8 Å². The lowest BCUT2D eigenvalue weighted by Gasteiger charge is -2.30. The number of phenolic OH excluding ortho intramolecular Hbond substituents is 1. The molecule has 4 aromatic rings. The highest BCUT2D eigenvalue weighted by atomic mass is 19.1. The van der Waals surface area contributed by atoms with Gasteiger partial charge in [0, 0.05) is 49.4 Å². The van der Waals surface area contributed by atoms with Gasteiger partial charge in [0.1, 0.15) is 28.6 Å². The zero-order valence-corrected chi connectivity index (χ0v) is 22.1. The van der Waals surface area contributed by atoms with Crippen molar-refractivity contribution in [1.82, 2.24) is 19.9 Å². The van der Waals surface area contributed by atoms with Crippen molar-refractivity contribution in [3.8, 4) is 29.4 Å². The first-order valence-corrected chi connectivity index (χ1v) is 13.3. The Morgan fingerprint density at radius 2 is 1.85 bits per heavy atom. The molecule has 0 aliphatic carbocycles. The Labute approximate surface area is 226 Å². The molecule has 0 spiro atoms. The van der Waals surface area contributed by atoms with Crippen molar-refractivity contribution in [3.05, 3.63) is 47.7 Å². The third-order valence-electron chi connectivity index (χ3n) is 7.94. The van der Waals surface area contributed by atoms with Crippen molar-refractivity contribution in [3.63, 3.8) is 0 Å². The van der Waals surface area contributed by atoms with Gasteiger partial charge in [0.15, 0.2) is 5.82 Å². The van der Waals surface area contributed by atoms with Crippen LogP contribution in [-0.4, -0.2) is 71.3 Å². The lowest BCUT2D eigenvalue weighted by atomic mass is 9.96. The molecule has 1 N–H and O–H groups in total. The number of aromatic nitrogens is 3. The number of terminal acetylenes is 1. The maximum atomic E-state index is 16.5. The smallest absolute Gasteiger partial charge is 0.228 e. The van der Waals surface area contributed by atoms with Crippen molar-refractivity contribution >= 4 is 33.4 Å². The molecule has 0 unspecified atom stereocenters. The first-order chi connectivity index (χ1) is 18.9. The SMILES string of the molecule is C#Cc1c(F)ccc2cc(O)cc(-c3ncc4c(N5CCCCC5)nc(N5CC[C@H](N(C)C)C5)nc4c3F)c12. The number of rotatable bonds is 4. The van der Waals surface area contributed by atoms with Crippen LogP contribution in [0.15, 0.2) is 30.5 Å². The second kappa shape index (κ2) is 9.93. The van der Waals surface area contributed by atoms with Gasteiger partial charge in [-0.05, 0) is 63.4 Å². The van der Waals surface area contributed by atoms with E-state index < -0.39 is 11.6 Å². The van der Waals surface area contributed by atoms with Gasteiger partial charge in [0.2, 0.25) is 5.95 Å². The zero-order chi connectivity index (χ0) is 27.3. The second-order valence-corrected chi connectivity index (χ2v) is 10.6. The number of nitrogens with zero attached hydrogens (tertiary/aromatic N) is 6. The number of piperidine rings is 1. The predicted octanol–water partition coefficient (Wildman–Crippen LogP) is 4.94. The van der Waals surface area contributed by atoms with Crippen molar-refractivity contribution in [2.45, 2.75) is 31.7 Å². The van der Waals surface area contributed by atoms with Crippen LogP contribution in [0.4, 0.5) is 20.5 Å². The van der Waals surface area contributed by atoms with E-state index >= 15 is 4.39 Å². The highest BCUT2D eigenvalue weighted by Gasteiger charge is 2.29. The Bertz CT molecular complexity index is 1630. The Kier molecular flexibility index (Phi) is 6.43. The molecule has 1 atom stereocenters. The number of phenols is 1. The van der Waals surface area contributed by atoms with E-state index in [4.69, 9.17) is 16.4 Å². The molecule has 2 aliphatic heterocycles. The molecule has 2 fully saturated rings. The van der Waals surface area contributed by atoms with Gasteiger partial charge in [-0.2, -0.15) is 4.98 Å². The molecule has 2 aromatic heterocycles. The fraction of sp³-hybridized carbons (Fsp3) is 0.367. The van der Waals surface area contributed by atoms with Crippen LogP contribution in [0, 0.1) is 24.0 Å². The van der Waals surface area contributed by atoms with Crippen molar-refractivity contribution in [2.24, 2.45) is 0 Å². The van der Waals surface area contributed by atoms with E-state index in [1.165, 1.54) is 24.3 Å². The molecule has 0 saturated carbocycles. The van der Waals surface area contributed by atoms with Gasteiger partial charge in [0.05, 0.1) is 10.9 Å². The van der Waals surface area contributed by atoms with Crippen LogP contribution in [0.5, 0.6) is 5.75 Å². The molecule has 7 nitrogen and oxygen atoms in total. The van der Waals surface area contributed by atoms with E-state index in [9.17, 15) is 9.50 Å². The normalized spacial score (nSPS) is 17.9. The molecular formula is C30H30F2N6O. The number of aromatic hydroxyl groups is 1. The van der Waals surface area contributed by atoms with E-state index in [-0.39, 0.29) is 28.1 Å². The minimum absolute atomic E-state index is 0.00651. The highest BCUT2D eigenvalue weighted by Crippen LogP contribution is 2.39. The molecule has 200 valence electrons. The molecule has 0 radical (unpaired) electrons. The van der Waals surface area contributed by atoms with Gasteiger partial charge in [-0.3, -0.25) is 4.98 Å². The summed E-state index contributed by atoms with van der Waals surface area (Å²) in [6.45, 7) is 3.18. The van der Waals surface area contributed by atoms with Gasteiger partial charge in [-0.15, -0.1) is 6.42 Å². The summed E-state index contributed by atoms with van der Waals surface area (Å²) in [6, 6.07) is 5.96. The van der Waals surface area contributed by atoms with Gasteiger partial charge in [0.25, 0.3) is 0 Å². The van der Waals surface area contributed by atoms with Crippen molar-refractivity contribution < 1.29 is 13.9 Å². The number of fused-ring (bicyclic) bond motifs is 2. The lowest BCUT2D eigenvalue weighted by molar-refractivity contribution is 0.315. The van der Waals surface area contributed by atoms with E-state index in [2.05, 4.69) is 39.7 Å². The van der Waals surface area contributed by atoms with E-state index in [0.717, 1.165) is 51.9 Å². The Morgan fingerprint density at radius 3 is 2.56 bits per heavy atom. The quantitative estimate of drug-likeness (QED) is 0.376. The lowest BCUT2D eigenvalue weighted by Crippen LogP contribution is -2.33. The van der Waals surface area contributed by atoms with Crippen LogP contribution in [0.3, 0.4) is 0 Å². The molecule has 0 bridgehead atoms. The Morgan fingerprint density at radius 1 is 1.05 bits per heavy atom. The molecule has 4 heterocycles. The molecule has 6 rings (SSSR count). The average molecular weight is 529 g/mol. The second-order valence-electron chi connectivity index (χ2n) is 10.6. The molecule has 9 heteroatoms. The standard InChI is InChI=1S/C30H30F2N6O/c1-4-21-24(31)9-8-18-14-20(39)15-22(25(18)21)27-26(32)28-23(16-33-27)29(37-11-6-5-7-12-37)35-30(34-28)38-13-10-19(17-38)36(2)3/h1,8-9,14-16,19,39H,5-7,10-13,17H2,2-3H3/t19-/m0/s1. The molecule has 0 amide bonds. The van der Waals surface area contributed by atoms with Gasteiger partial charge >= 0.3 is 0 Å². The number of hydrogen-bond acceptors (Lipinski definition) is 7. The molecule has 2 saturated heterocycles. The maximum Gasteiger partial charge on any atom is 0.228 e. The van der Waals surface area contributed by atoms with E-state index in [1.807, 2.05) is 0 Å². The number of likely N-dealkylation sites (N-methyl/N-ethyl adjacent to an activating group) is 1. The average Bonchev–Trinajstić information content (AvgIpc) is 3.44. The number of benzene rings is 2. The topological polar surface area (TPSA) is 68.6 Å². The predicted molar refractivity (Wildman–Crippen MR) is 150 cm³/mol. The zero-order valence-electron chi connectivity index (χ0n) is 22.1. The minimum atomic E-state index is -0.656. The van der Waals surface area contributed by atoms with Crippen LogP contribution in [-0.2, 0) is 0 Å². The summed E-state index contributed by atoms with van der Waals surface area (Å²) in [5, 5.41) is 11.8. The summed E-state index contributed by atoms with van der Waals surface area (Å²) in [7, 11) is 4.11. The molecule has 39 heavy (non-hydrogen) atoms. The monoisotopic (exact) mass is 528 g/mol. The van der Waals surface area contributed by atoms with E-state index in [1.54, 1.807) is 6.20 Å². The van der Waals surface area contributed by atoms with Crippen LogP contribution in [0.1, 0.15) is 31.2 Å².